The fourth-order valence-corrected chi connectivity index (χ4v) is 5.29. The summed E-state index contributed by atoms with van der Waals surface area (Å²) in [6.07, 6.45) is 5.06. The number of benzene rings is 3. The zero-order chi connectivity index (χ0) is 33.1. The fourth-order valence-electron chi connectivity index (χ4n) is 5.29. The lowest BCUT2D eigenvalue weighted by Crippen LogP contribution is -2.33. The lowest BCUT2D eigenvalue weighted by atomic mass is 10.0. The summed E-state index contributed by atoms with van der Waals surface area (Å²) in [6.45, 7) is 5.73. The van der Waals surface area contributed by atoms with Gasteiger partial charge >= 0.3 is 0 Å². The number of aryl methyl sites for hydroxylation is 1. The molecule has 0 radical (unpaired) electrons. The molecule has 234 valence electrons. The third-order valence-electron chi connectivity index (χ3n) is 7.46. The highest BCUT2D eigenvalue weighted by Gasteiger charge is 2.22. The minimum atomic E-state index is -0.623. The van der Waals surface area contributed by atoms with E-state index in [0.717, 1.165) is 16.9 Å². The van der Waals surface area contributed by atoms with Gasteiger partial charge in [-0.25, -0.2) is 9.97 Å². The zero-order valence-electron chi connectivity index (χ0n) is 26.4. The Morgan fingerprint density at radius 1 is 0.957 bits per heavy atom. The molecule has 1 unspecified atom stereocenters. The number of hydrogen-bond donors (Lipinski definition) is 2. The van der Waals surface area contributed by atoms with E-state index >= 15 is 0 Å². The topological polar surface area (TPSA) is 130 Å². The molecule has 0 saturated heterocycles. The molecule has 0 bridgehead atoms. The van der Waals surface area contributed by atoms with Gasteiger partial charge in [0.2, 0.25) is 0 Å². The second-order valence-corrected chi connectivity index (χ2v) is 11.3. The van der Waals surface area contributed by atoms with Gasteiger partial charge in [0.1, 0.15) is 5.75 Å². The van der Waals surface area contributed by atoms with E-state index in [1.165, 1.54) is 6.20 Å². The first-order chi connectivity index (χ1) is 22.7. The summed E-state index contributed by atoms with van der Waals surface area (Å²) >= 11 is 0. The molecule has 0 spiro atoms. The van der Waals surface area contributed by atoms with Crippen molar-refractivity contribution in [1.82, 2.24) is 29.6 Å². The fraction of sp³-hybridized carbons (Fsp3) is 0.162. The van der Waals surface area contributed by atoms with Gasteiger partial charge in [-0.3, -0.25) is 18.8 Å². The van der Waals surface area contributed by atoms with Crippen LogP contribution in [0, 0.1) is 11.8 Å². The molecule has 1 amide bonds. The van der Waals surface area contributed by atoms with Gasteiger partial charge in [0.25, 0.3) is 11.5 Å². The van der Waals surface area contributed by atoms with Gasteiger partial charge < -0.3 is 15.8 Å². The third kappa shape index (κ3) is 6.60. The smallest absolute Gasteiger partial charge is 0.274 e. The lowest BCUT2D eigenvalue weighted by Gasteiger charge is -2.21. The molecule has 0 aliphatic carbocycles. The molecule has 0 aliphatic rings. The number of pyridine rings is 1. The van der Waals surface area contributed by atoms with E-state index in [0.29, 0.717) is 33.4 Å². The summed E-state index contributed by atoms with van der Waals surface area (Å²) in [6, 6.07) is 23.5. The molecule has 1 atom stereocenters. The third-order valence-corrected chi connectivity index (χ3v) is 7.46. The minimum Gasteiger partial charge on any atom is -0.491 e. The van der Waals surface area contributed by atoms with Crippen LogP contribution in [0.2, 0.25) is 0 Å². The van der Waals surface area contributed by atoms with Crippen LogP contribution < -0.4 is 21.3 Å². The van der Waals surface area contributed by atoms with Crippen LogP contribution >= 0.6 is 0 Å². The van der Waals surface area contributed by atoms with Crippen molar-refractivity contribution in [3.63, 3.8) is 0 Å². The van der Waals surface area contributed by atoms with Gasteiger partial charge in [-0.1, -0.05) is 42.2 Å². The number of nitrogens with two attached hydrogens (primary N) is 1. The number of nitrogens with zero attached hydrogens (tertiary/aromatic N) is 5. The molecule has 0 saturated carbocycles. The molecular weight excluding hydrogens is 590 g/mol. The average molecular weight is 624 g/mol. The summed E-state index contributed by atoms with van der Waals surface area (Å²) in [5.74, 6) is 6.46. The number of para-hydroxylation sites is 1. The first-order valence-corrected chi connectivity index (χ1v) is 15.1. The standard InChI is InChI=1S/C37H33N7O3/c1-23(2)47-30-17-15-26(16-18-30)31-21-39-35(38)34(42-31)36(45)41-24(3)32-19-28-10-8-9-27(14-13-25-20-40-43(4)22-25)33(28)37(46)44(32)29-11-6-5-7-12-29/h5-12,15-24H,1-4H3,(H2,38,39)(H,41,45). The maximum Gasteiger partial charge on any atom is 0.274 e. The van der Waals surface area contributed by atoms with E-state index in [2.05, 4.69) is 32.2 Å². The molecule has 3 aromatic carbocycles. The molecule has 10 nitrogen and oxygen atoms in total. The zero-order valence-corrected chi connectivity index (χ0v) is 26.4. The van der Waals surface area contributed by atoms with E-state index in [9.17, 15) is 9.59 Å². The minimum absolute atomic E-state index is 0.00555. The van der Waals surface area contributed by atoms with Crippen LogP contribution in [0.4, 0.5) is 5.82 Å². The molecule has 6 rings (SSSR count). The van der Waals surface area contributed by atoms with Crippen molar-refractivity contribution in [1.29, 1.82) is 0 Å². The monoisotopic (exact) mass is 623 g/mol. The number of aromatic nitrogens is 5. The van der Waals surface area contributed by atoms with E-state index in [4.69, 9.17) is 10.5 Å². The Balaban J connectivity index is 1.37. The number of fused-ring (bicyclic) bond motifs is 1. The first kappa shape index (κ1) is 30.8. The molecule has 47 heavy (non-hydrogen) atoms. The molecule has 0 aliphatic heterocycles. The van der Waals surface area contributed by atoms with Crippen molar-refractivity contribution in [2.24, 2.45) is 7.05 Å². The predicted molar refractivity (Wildman–Crippen MR) is 182 cm³/mol. The highest BCUT2D eigenvalue weighted by molar-refractivity contribution is 5.97. The number of carbonyl (C=O) groups excluding carboxylic acids is 1. The number of nitrogens with one attached hydrogen (secondary N) is 1. The van der Waals surface area contributed by atoms with E-state index in [1.807, 2.05) is 113 Å². The second kappa shape index (κ2) is 13.0. The van der Waals surface area contributed by atoms with Crippen molar-refractivity contribution in [3.8, 4) is 34.5 Å². The molecule has 3 N–H and O–H groups in total. The van der Waals surface area contributed by atoms with E-state index in [-0.39, 0.29) is 23.2 Å². The molecule has 6 aromatic rings. The van der Waals surface area contributed by atoms with Gasteiger partial charge in [-0.15, -0.1) is 0 Å². The van der Waals surface area contributed by atoms with Crippen molar-refractivity contribution < 1.29 is 9.53 Å². The Morgan fingerprint density at radius 2 is 1.72 bits per heavy atom. The highest BCUT2D eigenvalue weighted by atomic mass is 16.5. The Labute approximate surface area is 271 Å². The Morgan fingerprint density at radius 3 is 2.43 bits per heavy atom. The molecule has 0 fully saturated rings. The second-order valence-electron chi connectivity index (χ2n) is 11.3. The molecular formula is C37H33N7O3. The largest absolute Gasteiger partial charge is 0.491 e. The maximum atomic E-state index is 14.3. The van der Waals surface area contributed by atoms with Crippen LogP contribution in [0.15, 0.2) is 102 Å². The van der Waals surface area contributed by atoms with Gasteiger partial charge in [0, 0.05) is 35.8 Å². The number of anilines is 1. The van der Waals surface area contributed by atoms with Crippen LogP contribution in [0.3, 0.4) is 0 Å². The molecule has 10 heteroatoms. The van der Waals surface area contributed by atoms with Crippen LogP contribution in [-0.4, -0.2) is 36.3 Å². The maximum absolute atomic E-state index is 14.3. The summed E-state index contributed by atoms with van der Waals surface area (Å²) < 4.78 is 9.01. The summed E-state index contributed by atoms with van der Waals surface area (Å²) in [5, 5.41) is 8.33. The van der Waals surface area contributed by atoms with Crippen molar-refractivity contribution in [3.05, 3.63) is 130 Å². The Bertz CT molecular complexity index is 2210. The van der Waals surface area contributed by atoms with Gasteiger partial charge in [-0.05, 0) is 74.7 Å². The Kier molecular flexibility index (Phi) is 8.54. The molecule has 3 heterocycles. The van der Waals surface area contributed by atoms with Crippen LogP contribution in [-0.2, 0) is 7.05 Å². The van der Waals surface area contributed by atoms with E-state index < -0.39 is 11.9 Å². The number of nitrogen functional groups attached to an aromatic ring is 1. The number of carbonyl (C=O) groups is 1. The summed E-state index contributed by atoms with van der Waals surface area (Å²) in [7, 11) is 1.82. The summed E-state index contributed by atoms with van der Waals surface area (Å²) in [5.41, 5.74) is 9.66. The van der Waals surface area contributed by atoms with Gasteiger partial charge in [-0.2, -0.15) is 5.10 Å². The number of hydrogen-bond acceptors (Lipinski definition) is 7. The number of ether oxygens (including phenoxy) is 1. The first-order valence-electron chi connectivity index (χ1n) is 15.1. The normalized spacial score (nSPS) is 11.6. The predicted octanol–water partition coefficient (Wildman–Crippen LogP) is 5.44. The molecule has 3 aromatic heterocycles. The Hall–Kier alpha value is -6.21. The van der Waals surface area contributed by atoms with Crippen molar-refractivity contribution in [2.45, 2.75) is 32.9 Å². The van der Waals surface area contributed by atoms with Crippen molar-refractivity contribution in [2.75, 3.05) is 5.73 Å². The van der Waals surface area contributed by atoms with Crippen LogP contribution in [0.1, 0.15) is 54.1 Å². The van der Waals surface area contributed by atoms with Crippen molar-refractivity contribution >= 4 is 22.5 Å². The number of rotatable bonds is 7. The van der Waals surface area contributed by atoms with Gasteiger partial charge in [0.15, 0.2) is 11.5 Å². The highest BCUT2D eigenvalue weighted by Crippen LogP contribution is 2.25. The SMILES string of the molecule is CC(C)Oc1ccc(-c2cnc(N)c(C(=O)NC(C)c3cc4cccc(C#Cc5cnn(C)c5)c4c(=O)n3-c3ccccc3)n2)cc1. The summed E-state index contributed by atoms with van der Waals surface area (Å²) in [4.78, 5) is 36.8. The quantitative estimate of drug-likeness (QED) is 0.227. The average Bonchev–Trinajstić information content (AvgIpc) is 3.49. The van der Waals surface area contributed by atoms with Crippen LogP contribution in [0.25, 0.3) is 27.7 Å². The van der Waals surface area contributed by atoms with Crippen LogP contribution in [0.5, 0.6) is 5.75 Å². The van der Waals surface area contributed by atoms with E-state index in [1.54, 1.807) is 15.4 Å². The van der Waals surface area contributed by atoms with Gasteiger partial charge in [0.05, 0.1) is 41.2 Å². The number of amides is 1. The lowest BCUT2D eigenvalue weighted by molar-refractivity contribution is 0.0934.